The summed E-state index contributed by atoms with van der Waals surface area (Å²) in [5, 5.41) is -0.165. The maximum atomic E-state index is 14.1. The van der Waals surface area contributed by atoms with E-state index >= 15 is 0 Å². The molecular weight excluding hydrogens is 581 g/mol. The molecule has 5 aromatic carbocycles. The molecule has 0 atom stereocenters. The minimum absolute atomic E-state index is 0.0308. The smallest absolute Gasteiger partial charge is 0.449 e. The van der Waals surface area contributed by atoms with Crippen LogP contribution in [0.1, 0.15) is 27.2 Å². The molecule has 45 heavy (non-hydrogen) atoms. The Morgan fingerprint density at radius 1 is 0.689 bits per heavy atom. The number of ether oxygens (including phenoxy) is 2. The highest BCUT2D eigenvalue weighted by molar-refractivity contribution is 5.93. The van der Waals surface area contributed by atoms with Crippen LogP contribution in [-0.4, -0.2) is 5.97 Å². The van der Waals surface area contributed by atoms with Gasteiger partial charge in [-0.05, 0) is 65.4 Å². The molecule has 0 radical (unpaired) electrons. The van der Waals surface area contributed by atoms with Gasteiger partial charge in [-0.25, -0.2) is 4.79 Å². The van der Waals surface area contributed by atoms with Gasteiger partial charge in [-0.2, -0.15) is 13.2 Å². The van der Waals surface area contributed by atoms with E-state index in [0.29, 0.717) is 18.4 Å². The Balaban J connectivity index is 1.27. The van der Waals surface area contributed by atoms with Crippen LogP contribution in [0.25, 0.3) is 22.1 Å². The van der Waals surface area contributed by atoms with E-state index in [1.165, 1.54) is 24.3 Å². The van der Waals surface area contributed by atoms with E-state index in [-0.39, 0.29) is 16.9 Å². The molecular formula is C37H25F3O5. The summed E-state index contributed by atoms with van der Waals surface area (Å²) in [5.41, 5.74) is 2.52. The molecule has 0 amide bonds. The highest BCUT2D eigenvalue weighted by atomic mass is 19.4. The maximum absolute atomic E-state index is 14.1. The number of rotatable bonds is 8. The molecule has 1 aromatic heterocycles. The van der Waals surface area contributed by atoms with Crippen LogP contribution in [-0.2, 0) is 19.0 Å². The zero-order chi connectivity index (χ0) is 31.4. The van der Waals surface area contributed by atoms with Crippen LogP contribution in [0.3, 0.4) is 0 Å². The summed E-state index contributed by atoms with van der Waals surface area (Å²) in [5.74, 6) is -3.31. The largest absolute Gasteiger partial charge is 0.453 e. The van der Waals surface area contributed by atoms with Crippen molar-refractivity contribution in [3.05, 3.63) is 160 Å². The van der Waals surface area contributed by atoms with Crippen molar-refractivity contribution in [1.29, 1.82) is 0 Å². The van der Waals surface area contributed by atoms with Crippen molar-refractivity contribution in [3.8, 4) is 28.4 Å². The van der Waals surface area contributed by atoms with Crippen molar-refractivity contribution in [2.24, 2.45) is 0 Å². The third-order valence-electron chi connectivity index (χ3n) is 7.23. The van der Waals surface area contributed by atoms with Gasteiger partial charge in [0.1, 0.15) is 17.1 Å². The molecule has 0 fully saturated rings. The lowest BCUT2D eigenvalue weighted by Crippen LogP contribution is -2.16. The molecule has 0 aliphatic heterocycles. The molecule has 0 bridgehead atoms. The number of aryl methyl sites for hydroxylation is 2. The lowest BCUT2D eigenvalue weighted by atomic mass is 10.00. The first kappa shape index (κ1) is 29.4. The van der Waals surface area contributed by atoms with Crippen LogP contribution in [0.5, 0.6) is 17.2 Å². The Bertz CT molecular complexity index is 2020. The Morgan fingerprint density at radius 2 is 1.31 bits per heavy atom. The normalized spacial score (nSPS) is 11.4. The lowest BCUT2D eigenvalue weighted by Gasteiger charge is -2.14. The number of halogens is 3. The molecule has 0 aliphatic rings. The predicted octanol–water partition coefficient (Wildman–Crippen LogP) is 9.28. The van der Waals surface area contributed by atoms with Crippen molar-refractivity contribution in [2.75, 3.05) is 0 Å². The Morgan fingerprint density at radius 3 is 2.02 bits per heavy atom. The first-order valence-electron chi connectivity index (χ1n) is 14.1. The van der Waals surface area contributed by atoms with Crippen molar-refractivity contribution in [2.45, 2.75) is 19.0 Å². The van der Waals surface area contributed by atoms with E-state index in [1.54, 1.807) is 24.3 Å². The quantitative estimate of drug-likeness (QED) is 0.128. The van der Waals surface area contributed by atoms with Crippen LogP contribution < -0.4 is 14.9 Å². The fourth-order valence-corrected chi connectivity index (χ4v) is 4.99. The van der Waals surface area contributed by atoms with Gasteiger partial charge in [-0.3, -0.25) is 4.79 Å². The summed E-state index contributed by atoms with van der Waals surface area (Å²) in [7, 11) is 0. The van der Waals surface area contributed by atoms with Crippen LogP contribution in [0, 0.1) is 0 Å². The second-order valence-electron chi connectivity index (χ2n) is 10.3. The van der Waals surface area contributed by atoms with Crippen LogP contribution >= 0.6 is 0 Å². The molecule has 6 rings (SSSR count). The first-order chi connectivity index (χ1) is 21.8. The van der Waals surface area contributed by atoms with Crippen LogP contribution in [0.4, 0.5) is 13.2 Å². The van der Waals surface area contributed by atoms with E-state index < -0.39 is 34.7 Å². The summed E-state index contributed by atoms with van der Waals surface area (Å²) in [6.07, 6.45) is -3.76. The standard InChI is InChI=1S/C37H25F3O5/c38-37(39,40)35-34(43-28-19-17-26(18-20-28)25-11-5-2-6-12-25)33(41)31-22-21-29(23-32(31)45-35)44-36(42)30-14-8-7-13-27(30)16-15-24-9-3-1-4-10-24/h1-14,17-23H,15-16H2. The Kier molecular flexibility index (Phi) is 8.20. The van der Waals surface area contributed by atoms with Crippen molar-refractivity contribution >= 4 is 16.9 Å². The SMILES string of the molecule is O=C(Oc1ccc2c(=O)c(Oc3ccc(-c4ccccc4)cc3)c(C(F)(F)F)oc2c1)c1ccccc1CCc1ccccc1. The third-order valence-corrected chi connectivity index (χ3v) is 7.23. The summed E-state index contributed by atoms with van der Waals surface area (Å²) in [6, 6.07) is 36.2. The van der Waals surface area contributed by atoms with E-state index in [4.69, 9.17) is 13.9 Å². The molecule has 0 saturated carbocycles. The molecule has 0 saturated heterocycles. The molecule has 1 heterocycles. The highest BCUT2D eigenvalue weighted by Crippen LogP contribution is 2.39. The summed E-state index contributed by atoms with van der Waals surface area (Å²) in [4.78, 5) is 26.4. The highest BCUT2D eigenvalue weighted by Gasteiger charge is 2.40. The number of esters is 1. The van der Waals surface area contributed by atoms with Gasteiger partial charge >= 0.3 is 12.1 Å². The van der Waals surface area contributed by atoms with Gasteiger partial charge in [0.25, 0.3) is 5.76 Å². The number of hydrogen-bond donors (Lipinski definition) is 0. The number of fused-ring (bicyclic) bond motifs is 1. The number of carbonyl (C=O) groups is 1. The van der Waals surface area contributed by atoms with Crippen LogP contribution in [0.2, 0.25) is 0 Å². The molecule has 0 spiro atoms. The van der Waals surface area contributed by atoms with Gasteiger partial charge in [-0.1, -0.05) is 91.0 Å². The molecule has 8 heteroatoms. The Hall–Kier alpha value is -5.63. The number of alkyl halides is 3. The molecule has 0 aliphatic carbocycles. The number of carbonyl (C=O) groups excluding carboxylic acids is 1. The fraction of sp³-hybridized carbons (Fsp3) is 0.0811. The maximum Gasteiger partial charge on any atom is 0.453 e. The summed E-state index contributed by atoms with van der Waals surface area (Å²) >= 11 is 0. The number of hydrogen-bond acceptors (Lipinski definition) is 5. The van der Waals surface area contributed by atoms with Gasteiger partial charge in [0.2, 0.25) is 11.2 Å². The van der Waals surface area contributed by atoms with Crippen molar-refractivity contribution in [1.82, 2.24) is 0 Å². The lowest BCUT2D eigenvalue weighted by molar-refractivity contribution is -0.154. The molecule has 224 valence electrons. The molecule has 0 unspecified atom stereocenters. The topological polar surface area (TPSA) is 65.7 Å². The third kappa shape index (κ3) is 6.65. The van der Waals surface area contributed by atoms with E-state index in [2.05, 4.69) is 0 Å². The van der Waals surface area contributed by atoms with Gasteiger partial charge in [0.15, 0.2) is 0 Å². The van der Waals surface area contributed by atoms with Gasteiger partial charge < -0.3 is 13.9 Å². The van der Waals surface area contributed by atoms with Crippen LogP contribution in [0.15, 0.2) is 137 Å². The Labute approximate surface area is 256 Å². The van der Waals surface area contributed by atoms with E-state index in [0.717, 1.165) is 28.3 Å². The zero-order valence-corrected chi connectivity index (χ0v) is 23.7. The van der Waals surface area contributed by atoms with E-state index in [1.807, 2.05) is 72.8 Å². The van der Waals surface area contributed by atoms with Gasteiger partial charge in [0.05, 0.1) is 10.9 Å². The summed E-state index contributed by atoms with van der Waals surface area (Å²) < 4.78 is 58.6. The van der Waals surface area contributed by atoms with Gasteiger partial charge in [-0.15, -0.1) is 0 Å². The second-order valence-corrected chi connectivity index (χ2v) is 10.3. The monoisotopic (exact) mass is 606 g/mol. The first-order valence-corrected chi connectivity index (χ1v) is 14.1. The zero-order valence-electron chi connectivity index (χ0n) is 23.7. The second kappa shape index (κ2) is 12.5. The average Bonchev–Trinajstić information content (AvgIpc) is 3.06. The fourth-order valence-electron chi connectivity index (χ4n) is 4.99. The minimum Gasteiger partial charge on any atom is -0.449 e. The predicted molar refractivity (Wildman–Crippen MR) is 165 cm³/mol. The number of benzene rings is 5. The van der Waals surface area contributed by atoms with Gasteiger partial charge in [0, 0.05) is 6.07 Å². The van der Waals surface area contributed by atoms with Crippen molar-refractivity contribution < 1.29 is 31.9 Å². The molecule has 0 N–H and O–H groups in total. The molecule has 5 nitrogen and oxygen atoms in total. The average molecular weight is 607 g/mol. The summed E-state index contributed by atoms with van der Waals surface area (Å²) in [6.45, 7) is 0. The molecule has 6 aromatic rings. The minimum atomic E-state index is -5.04. The van der Waals surface area contributed by atoms with Crippen molar-refractivity contribution in [3.63, 3.8) is 0 Å². The van der Waals surface area contributed by atoms with E-state index in [9.17, 15) is 22.8 Å².